The first kappa shape index (κ1) is 11.4. The molecule has 80 valence electrons. The number of rotatable bonds is 3. The topological polar surface area (TPSA) is 110 Å². The van der Waals surface area contributed by atoms with Crippen LogP contribution in [0.2, 0.25) is 0 Å². The number of hydrogen-bond acceptors (Lipinski definition) is 4. The molecule has 0 aliphatic rings. The van der Waals surface area contributed by atoms with Gasteiger partial charge in [-0.05, 0) is 17.7 Å². The lowest BCUT2D eigenvalue weighted by atomic mass is 10.1. The molecule has 0 saturated carbocycles. The fourth-order valence-corrected chi connectivity index (χ4v) is 1.08. The number of nitrogens with zero attached hydrogens (tertiary/aromatic N) is 2. The van der Waals surface area contributed by atoms with Crippen molar-refractivity contribution < 1.29 is 9.72 Å². The second kappa shape index (κ2) is 4.70. The Morgan fingerprint density at radius 2 is 2.25 bits per heavy atom. The van der Waals surface area contributed by atoms with Crippen LogP contribution in [0.1, 0.15) is 11.1 Å². The molecule has 1 aromatic carbocycles. The summed E-state index contributed by atoms with van der Waals surface area (Å²) in [6.07, 6.45) is 2.43. The maximum Gasteiger partial charge on any atom is 0.287 e. The van der Waals surface area contributed by atoms with E-state index in [0.29, 0.717) is 5.56 Å². The number of amides is 1. The van der Waals surface area contributed by atoms with Crippen LogP contribution in [0.25, 0.3) is 6.08 Å². The number of nitro groups is 1. The zero-order valence-electron chi connectivity index (χ0n) is 8.08. The minimum Gasteiger partial charge on any atom is -0.366 e. The van der Waals surface area contributed by atoms with Crippen molar-refractivity contribution in [1.29, 1.82) is 5.26 Å². The highest BCUT2D eigenvalue weighted by Crippen LogP contribution is 2.20. The third kappa shape index (κ3) is 2.65. The largest absolute Gasteiger partial charge is 0.366 e. The number of nitro benzene ring substituents is 1. The Balaban J connectivity index is 3.18. The molecule has 0 fully saturated rings. The van der Waals surface area contributed by atoms with Crippen LogP contribution in [0.4, 0.5) is 5.69 Å². The molecule has 6 heteroatoms. The van der Waals surface area contributed by atoms with Gasteiger partial charge in [-0.15, -0.1) is 0 Å². The van der Waals surface area contributed by atoms with Crippen molar-refractivity contribution in [1.82, 2.24) is 0 Å². The Morgan fingerprint density at radius 1 is 1.56 bits per heavy atom. The molecule has 6 nitrogen and oxygen atoms in total. The summed E-state index contributed by atoms with van der Waals surface area (Å²) in [7, 11) is 0. The fraction of sp³-hybridized carbons (Fsp3) is 0. The van der Waals surface area contributed by atoms with Crippen molar-refractivity contribution in [2.45, 2.75) is 0 Å². The number of nitriles is 1. The van der Waals surface area contributed by atoms with E-state index >= 15 is 0 Å². The highest BCUT2D eigenvalue weighted by molar-refractivity contribution is 5.90. The second-order valence-electron chi connectivity index (χ2n) is 2.88. The Bertz CT molecular complexity index is 515. The molecule has 0 unspecified atom stereocenters. The number of nitrogens with two attached hydrogens (primary N) is 1. The summed E-state index contributed by atoms with van der Waals surface area (Å²) < 4.78 is 0. The van der Waals surface area contributed by atoms with Gasteiger partial charge < -0.3 is 5.73 Å². The van der Waals surface area contributed by atoms with E-state index in [4.69, 9.17) is 11.0 Å². The maximum atomic E-state index is 10.6. The van der Waals surface area contributed by atoms with Gasteiger partial charge in [0.05, 0.1) is 4.92 Å². The normalized spacial score (nSPS) is 9.94. The standard InChI is InChI=1S/C10H7N3O3/c11-6-8-3-1-7(2-4-10(12)14)5-9(8)13(15)16/h1-5H,(H2,12,14). The van der Waals surface area contributed by atoms with E-state index in [9.17, 15) is 14.9 Å². The highest BCUT2D eigenvalue weighted by atomic mass is 16.6. The predicted octanol–water partition coefficient (Wildman–Crippen LogP) is 0.965. The monoisotopic (exact) mass is 217 g/mol. The fourth-order valence-electron chi connectivity index (χ4n) is 1.08. The SMILES string of the molecule is N#Cc1ccc(C=CC(N)=O)cc1[N+](=O)[O-]. The van der Waals surface area contributed by atoms with Gasteiger partial charge >= 0.3 is 0 Å². The first-order valence-corrected chi connectivity index (χ1v) is 4.20. The van der Waals surface area contributed by atoms with E-state index in [1.54, 1.807) is 6.07 Å². The number of carbonyl (C=O) groups is 1. The molecule has 0 aromatic heterocycles. The number of primary amides is 1. The quantitative estimate of drug-likeness (QED) is 0.461. The first-order chi connectivity index (χ1) is 7.54. The van der Waals surface area contributed by atoms with Crippen molar-refractivity contribution in [3.05, 3.63) is 45.5 Å². The predicted molar refractivity (Wildman–Crippen MR) is 56.0 cm³/mol. The zero-order valence-corrected chi connectivity index (χ0v) is 8.08. The van der Waals surface area contributed by atoms with E-state index < -0.39 is 10.8 Å². The van der Waals surface area contributed by atoms with Gasteiger partial charge in [0.2, 0.25) is 5.91 Å². The lowest BCUT2D eigenvalue weighted by molar-refractivity contribution is -0.385. The molecule has 1 rings (SSSR count). The summed E-state index contributed by atoms with van der Waals surface area (Å²) in [5.74, 6) is -0.646. The summed E-state index contributed by atoms with van der Waals surface area (Å²) in [6, 6.07) is 5.73. The van der Waals surface area contributed by atoms with Crippen LogP contribution in [-0.4, -0.2) is 10.8 Å². The van der Waals surface area contributed by atoms with Crippen LogP contribution >= 0.6 is 0 Å². The average molecular weight is 217 g/mol. The molecule has 1 amide bonds. The van der Waals surface area contributed by atoms with Gasteiger partial charge in [0.1, 0.15) is 11.6 Å². The van der Waals surface area contributed by atoms with Gasteiger partial charge in [-0.3, -0.25) is 14.9 Å². The molecule has 0 bridgehead atoms. The van der Waals surface area contributed by atoms with E-state index in [1.165, 1.54) is 24.3 Å². The molecule has 0 heterocycles. The molecule has 0 spiro atoms. The summed E-state index contributed by atoms with van der Waals surface area (Å²) in [4.78, 5) is 20.4. The van der Waals surface area contributed by atoms with E-state index in [1.807, 2.05) is 0 Å². The van der Waals surface area contributed by atoms with E-state index in [0.717, 1.165) is 6.08 Å². The highest BCUT2D eigenvalue weighted by Gasteiger charge is 2.13. The van der Waals surface area contributed by atoms with Crippen molar-refractivity contribution in [3.8, 4) is 6.07 Å². The molecule has 1 aromatic rings. The van der Waals surface area contributed by atoms with Gasteiger partial charge in [0.25, 0.3) is 5.69 Å². The first-order valence-electron chi connectivity index (χ1n) is 4.20. The molecule has 0 aliphatic heterocycles. The molecule has 0 aliphatic carbocycles. The van der Waals surface area contributed by atoms with Crippen LogP contribution in [0.15, 0.2) is 24.3 Å². The molecule has 2 N–H and O–H groups in total. The van der Waals surface area contributed by atoms with Crippen LogP contribution in [-0.2, 0) is 4.79 Å². The average Bonchev–Trinajstić information content (AvgIpc) is 2.25. The molecule has 0 atom stereocenters. The second-order valence-corrected chi connectivity index (χ2v) is 2.88. The van der Waals surface area contributed by atoms with Crippen LogP contribution < -0.4 is 5.73 Å². The summed E-state index contributed by atoms with van der Waals surface area (Å²) in [5, 5.41) is 19.2. The maximum absolute atomic E-state index is 10.6. The Labute approximate surface area is 90.7 Å². The van der Waals surface area contributed by atoms with E-state index in [2.05, 4.69) is 0 Å². The third-order valence-corrected chi connectivity index (χ3v) is 1.78. The molecule has 0 radical (unpaired) electrons. The Kier molecular flexibility index (Phi) is 3.35. The molecular weight excluding hydrogens is 210 g/mol. The van der Waals surface area contributed by atoms with Gasteiger partial charge in [-0.25, -0.2) is 0 Å². The summed E-state index contributed by atoms with van der Waals surface area (Å²) >= 11 is 0. The van der Waals surface area contributed by atoms with Crippen molar-refractivity contribution >= 4 is 17.7 Å². The minimum atomic E-state index is -0.653. The molecule has 16 heavy (non-hydrogen) atoms. The smallest absolute Gasteiger partial charge is 0.287 e. The number of benzene rings is 1. The van der Waals surface area contributed by atoms with Crippen molar-refractivity contribution in [2.75, 3.05) is 0 Å². The Morgan fingerprint density at radius 3 is 2.75 bits per heavy atom. The van der Waals surface area contributed by atoms with Crippen molar-refractivity contribution in [3.63, 3.8) is 0 Å². The molecule has 0 saturated heterocycles. The van der Waals surface area contributed by atoms with E-state index in [-0.39, 0.29) is 11.3 Å². The lowest BCUT2D eigenvalue weighted by Gasteiger charge is -1.96. The van der Waals surface area contributed by atoms with Gasteiger partial charge in [-0.1, -0.05) is 6.07 Å². The van der Waals surface area contributed by atoms with Gasteiger partial charge in [0.15, 0.2) is 0 Å². The third-order valence-electron chi connectivity index (χ3n) is 1.78. The molecular formula is C10H7N3O3. The minimum absolute atomic E-state index is 0.0266. The summed E-state index contributed by atoms with van der Waals surface area (Å²) in [6.45, 7) is 0. The number of hydrogen-bond donors (Lipinski definition) is 1. The van der Waals surface area contributed by atoms with Crippen molar-refractivity contribution in [2.24, 2.45) is 5.73 Å². The van der Waals surface area contributed by atoms with Crippen LogP contribution in [0, 0.1) is 21.4 Å². The van der Waals surface area contributed by atoms with Crippen LogP contribution in [0.5, 0.6) is 0 Å². The van der Waals surface area contributed by atoms with Gasteiger partial charge in [-0.2, -0.15) is 5.26 Å². The number of carbonyl (C=O) groups excluding carboxylic acids is 1. The zero-order chi connectivity index (χ0) is 12.1. The summed E-state index contributed by atoms with van der Waals surface area (Å²) in [5.41, 5.74) is 4.99. The lowest BCUT2D eigenvalue weighted by Crippen LogP contribution is -2.05. The Hall–Kier alpha value is -2.68. The van der Waals surface area contributed by atoms with Crippen LogP contribution in [0.3, 0.4) is 0 Å². The van der Waals surface area contributed by atoms with Gasteiger partial charge in [0, 0.05) is 12.1 Å².